The van der Waals surface area contributed by atoms with Crippen molar-refractivity contribution in [3.63, 3.8) is 0 Å². The van der Waals surface area contributed by atoms with Crippen LogP contribution in [0.15, 0.2) is 158 Å². The highest BCUT2D eigenvalue weighted by Gasteiger charge is 2.44. The van der Waals surface area contributed by atoms with Crippen LogP contribution in [0.3, 0.4) is 0 Å². The number of carbonyl (C=O) groups is 13. The Balaban J connectivity index is 0.863. The fraction of sp³-hybridized carbons (Fsp3) is 0.459. The van der Waals surface area contributed by atoms with Crippen molar-refractivity contribution in [3.8, 4) is 11.1 Å². The first-order valence-electron chi connectivity index (χ1n) is 44.7. The lowest BCUT2D eigenvalue weighted by molar-refractivity contribution is -0.384. The molecule has 2 aliphatic heterocycles. The first-order valence-corrected chi connectivity index (χ1v) is 44.7. The van der Waals surface area contributed by atoms with Crippen LogP contribution < -0.4 is 53.2 Å². The number of carbonyl (C=O) groups excluding carboxylic acids is 12. The molecule has 11 rings (SSSR count). The zero-order chi connectivity index (χ0) is 94.0. The van der Waals surface area contributed by atoms with E-state index in [9.17, 15) is 48.8 Å². The Bertz CT molecular complexity index is 5380. The topological polar surface area (TPSA) is 440 Å². The van der Waals surface area contributed by atoms with Crippen LogP contribution in [-0.2, 0) is 81.4 Å². The van der Waals surface area contributed by atoms with Crippen molar-refractivity contribution in [2.24, 2.45) is 17.8 Å². The van der Waals surface area contributed by atoms with Crippen molar-refractivity contribution in [1.82, 2.24) is 63.0 Å². The van der Waals surface area contributed by atoms with Gasteiger partial charge in [0.15, 0.2) is 0 Å². The van der Waals surface area contributed by atoms with Gasteiger partial charge in [-0.3, -0.25) is 53.3 Å². The van der Waals surface area contributed by atoms with Gasteiger partial charge in [0.2, 0.25) is 53.2 Å². The summed E-state index contributed by atoms with van der Waals surface area (Å²) in [7, 11) is 0. The summed E-state index contributed by atoms with van der Waals surface area (Å²) in [5.41, 5.74) is 3.61. The van der Waals surface area contributed by atoms with Gasteiger partial charge in [0.1, 0.15) is 78.2 Å². The molecule has 2 heterocycles. The number of likely N-dealkylation sites (tertiary alicyclic amines) is 2. The van der Waals surface area contributed by atoms with E-state index in [1.54, 1.807) is 95.2 Å². The fourth-order valence-corrected chi connectivity index (χ4v) is 17.2. The zero-order valence-electron chi connectivity index (χ0n) is 75.8. The van der Waals surface area contributed by atoms with Crippen LogP contribution in [0, 0.1) is 27.9 Å². The number of rotatable bonds is 39. The van der Waals surface area contributed by atoms with Gasteiger partial charge in [0, 0.05) is 63.5 Å². The van der Waals surface area contributed by atoms with Crippen LogP contribution in [0.4, 0.5) is 20.1 Å². The van der Waals surface area contributed by atoms with E-state index in [-0.39, 0.29) is 121 Å². The molecular weight excluding hydrogens is 1660 g/mol. The predicted molar refractivity (Wildman–Crippen MR) is 489 cm³/mol. The number of hydrogen-bond donors (Lipinski definition) is 11. The minimum Gasteiger partial charge on any atom is -0.480 e. The summed E-state index contributed by atoms with van der Waals surface area (Å²) < 4.78 is 16.8. The van der Waals surface area contributed by atoms with E-state index in [0.29, 0.717) is 23.1 Å². The molecule has 10 atom stereocenters. The molecule has 0 radical (unpaired) electrons. The number of ether oxygens (including phenoxy) is 3. The average molecular weight is 1790 g/mol. The second-order valence-electron chi connectivity index (χ2n) is 36.9. The summed E-state index contributed by atoms with van der Waals surface area (Å²) in [6.07, 6.45) is -2.23. The van der Waals surface area contributed by atoms with Crippen LogP contribution in [0.2, 0.25) is 0 Å². The summed E-state index contributed by atoms with van der Waals surface area (Å²) in [6, 6.07) is 33.6. The third kappa shape index (κ3) is 25.6. The second-order valence-corrected chi connectivity index (χ2v) is 36.9. The quantitative estimate of drug-likeness (QED) is 0.00560. The van der Waals surface area contributed by atoms with Crippen molar-refractivity contribution < 1.29 is 86.6 Å². The maximum absolute atomic E-state index is 16.1. The summed E-state index contributed by atoms with van der Waals surface area (Å²) in [6.45, 7) is 20.2. The Morgan fingerprint density at radius 2 is 0.885 bits per heavy atom. The highest BCUT2D eigenvalue weighted by atomic mass is 16.6. The number of benzene rings is 8. The molecule has 8 aromatic rings. The minimum atomic E-state index is -1.68. The van der Waals surface area contributed by atoms with E-state index in [4.69, 9.17) is 14.2 Å². The lowest BCUT2D eigenvalue weighted by atomic mass is 9.90. The standard InChI is InChI=1S/C98H121N13O19/c1-56(2)51-77(93(121)122)105-85(113)73(34-22-48-100-95(124)130-98(10,11)12)102-90(118)83(58(5)6)108-88(116)79-36-24-50-110(79)92(120)76(54-64-42-41-63-40-39-61-27-20-28-62-43-46-66(64)81(63)80(61)62)104-86(114)74(52-60-37-44-65(45-38-60)111(126)127)103-84(112)72(33-21-47-99-94(123)129-97(7,8)9)101-89(117)82(57(3)4)107-87(115)78-35-23-49-109(78)91(119)75(53-59-25-14-13-15-26-59)106-96(125)128-55-71-69-31-18-16-29-67(69)68-30-17-19-32-70(68)71/h13-20,25-32,37-46,56-58,71-79,82-83H,21-24,33-36,47-55H2,1-12H3,(H,99,123)(H,100,124)(H,101,117)(H,102,118)(H,103,112)(H,104,114)(H,105,113)(H,106,125)(H,107,115)(H,108,116)(H,121,122)/t72-,73-,74-,75+,76+,77-,78-,79-,82-,83-/m0/s1. The first kappa shape index (κ1) is 97.3. The zero-order valence-corrected chi connectivity index (χ0v) is 75.8. The molecule has 3 aliphatic rings. The summed E-state index contributed by atoms with van der Waals surface area (Å²) in [4.78, 5) is 203. The van der Waals surface area contributed by atoms with Gasteiger partial charge >= 0.3 is 24.2 Å². The van der Waals surface area contributed by atoms with Crippen molar-refractivity contribution >= 4 is 115 Å². The molecular formula is C98H121N13O19. The van der Waals surface area contributed by atoms with E-state index >= 15 is 28.8 Å². The van der Waals surface area contributed by atoms with Gasteiger partial charge in [0.05, 0.1) is 4.92 Å². The molecule has 0 saturated carbocycles. The number of alkyl carbamates (subject to hydrolysis) is 3. The molecule has 0 unspecified atom stereocenters. The smallest absolute Gasteiger partial charge is 0.407 e. The largest absolute Gasteiger partial charge is 0.480 e. The number of carboxylic acid groups (broad SMARTS) is 1. The number of nitro benzene ring substituents is 1. The Kier molecular flexibility index (Phi) is 32.7. The molecule has 0 bridgehead atoms. The number of carboxylic acids is 1. The van der Waals surface area contributed by atoms with E-state index in [1.165, 1.54) is 34.1 Å². The minimum absolute atomic E-state index is 0.00299. The van der Waals surface area contributed by atoms with Gasteiger partial charge in [-0.05, 0) is 188 Å². The monoisotopic (exact) mass is 1780 g/mol. The van der Waals surface area contributed by atoms with Crippen LogP contribution in [-0.4, -0.2) is 202 Å². The van der Waals surface area contributed by atoms with Crippen LogP contribution in [0.1, 0.15) is 175 Å². The molecule has 12 amide bonds. The average Bonchev–Trinajstić information content (AvgIpc) is 1.03. The van der Waals surface area contributed by atoms with Crippen molar-refractivity contribution in [1.29, 1.82) is 0 Å². The number of nitro groups is 1. The van der Waals surface area contributed by atoms with Gasteiger partial charge in [0.25, 0.3) is 5.69 Å². The third-order valence-electron chi connectivity index (χ3n) is 23.5. The van der Waals surface area contributed by atoms with Gasteiger partial charge in [-0.25, -0.2) is 19.2 Å². The number of hydrogen-bond acceptors (Lipinski definition) is 18. The molecule has 2 saturated heterocycles. The number of nitrogens with one attached hydrogen (secondary N) is 10. The van der Waals surface area contributed by atoms with E-state index in [1.807, 2.05) is 121 Å². The van der Waals surface area contributed by atoms with Crippen molar-refractivity contribution in [3.05, 3.63) is 196 Å². The second kappa shape index (κ2) is 43.7. The van der Waals surface area contributed by atoms with E-state index in [2.05, 4.69) is 53.2 Å². The van der Waals surface area contributed by atoms with Gasteiger partial charge in [-0.2, -0.15) is 0 Å². The molecule has 692 valence electrons. The Labute approximate surface area is 756 Å². The number of non-ortho nitro benzene ring substituents is 1. The van der Waals surface area contributed by atoms with E-state index < -0.39 is 166 Å². The molecule has 0 spiro atoms. The molecule has 130 heavy (non-hydrogen) atoms. The van der Waals surface area contributed by atoms with Crippen LogP contribution in [0.5, 0.6) is 0 Å². The molecule has 8 aromatic carbocycles. The third-order valence-corrected chi connectivity index (χ3v) is 23.5. The maximum Gasteiger partial charge on any atom is 0.407 e. The molecule has 1 aliphatic carbocycles. The van der Waals surface area contributed by atoms with Crippen molar-refractivity contribution in [2.75, 3.05) is 32.8 Å². The van der Waals surface area contributed by atoms with Crippen molar-refractivity contribution in [2.45, 2.75) is 238 Å². The Morgan fingerprint density at radius 1 is 0.454 bits per heavy atom. The number of nitrogens with zero attached hydrogens (tertiary/aromatic N) is 3. The molecule has 32 heteroatoms. The van der Waals surface area contributed by atoms with Gasteiger partial charge < -0.3 is 82.3 Å². The summed E-state index contributed by atoms with van der Waals surface area (Å²) >= 11 is 0. The molecule has 32 nitrogen and oxygen atoms in total. The van der Waals surface area contributed by atoms with Crippen LogP contribution in [0.25, 0.3) is 43.4 Å². The molecule has 0 aromatic heterocycles. The summed E-state index contributed by atoms with van der Waals surface area (Å²) in [5.74, 6) is -10.3. The van der Waals surface area contributed by atoms with Gasteiger partial charge in [-0.1, -0.05) is 187 Å². The Morgan fingerprint density at radius 3 is 1.37 bits per heavy atom. The highest BCUT2D eigenvalue weighted by Crippen LogP contribution is 2.45. The molecule has 11 N–H and O–H groups in total. The first-order chi connectivity index (χ1) is 61.8. The van der Waals surface area contributed by atoms with Gasteiger partial charge in [-0.15, -0.1) is 0 Å². The number of aliphatic carboxylic acids is 1. The fourth-order valence-electron chi connectivity index (χ4n) is 17.2. The number of fused-ring (bicyclic) bond motifs is 3. The number of amides is 12. The molecule has 2 fully saturated rings. The SMILES string of the molecule is CC(C)C[C@H](NC(=O)[C@H](CCCNC(=O)OC(C)(C)C)NC(=O)[C@@H](NC(=O)[C@@H]1CCCN1C(=O)[C@@H](Cc1ccc2ccc3cccc4ccc1c2c34)NC(=O)[C@H](Cc1ccc([N+](=O)[O-])cc1)NC(=O)[C@H](CCCNC(=O)OC(C)(C)C)NC(=O)[C@@H](NC(=O)[C@@H]1CCCN1C(=O)[C@@H](Cc1ccccc1)NC(=O)OCC1c2ccccc2-c2ccccc21)C(C)C)C(C)C)C(=O)O. The normalized spacial score (nSPS) is 16.2. The lowest BCUT2D eigenvalue weighted by Gasteiger charge is -2.32. The lowest BCUT2D eigenvalue weighted by Crippen LogP contribution is -2.61. The van der Waals surface area contributed by atoms with Crippen LogP contribution >= 0.6 is 0 Å². The van der Waals surface area contributed by atoms with E-state index in [0.717, 1.165) is 54.6 Å². The maximum atomic E-state index is 16.1. The predicted octanol–water partition coefficient (Wildman–Crippen LogP) is 10.9. The highest BCUT2D eigenvalue weighted by molar-refractivity contribution is 6.23. The summed E-state index contributed by atoms with van der Waals surface area (Å²) in [5, 5.41) is 55.2. The Hall–Kier alpha value is -13.3.